The van der Waals surface area contributed by atoms with Crippen molar-refractivity contribution >= 4 is 11.9 Å². The van der Waals surface area contributed by atoms with Gasteiger partial charge in [-0.1, -0.05) is 60.7 Å². The largest absolute Gasteiger partial charge is 0.478 e. The molecule has 0 aliphatic heterocycles. The fourth-order valence-corrected chi connectivity index (χ4v) is 2.39. The summed E-state index contributed by atoms with van der Waals surface area (Å²) in [4.78, 5) is 22.5. The highest BCUT2D eigenvalue weighted by atomic mass is 16.4. The standard InChI is InChI=1S/C18H16O4/c19-17(20)12-16(18(21)22)15(14-9-5-2-6-10-14)11-13-7-3-1-4-8-13/h1-10,12,15H,11H2,(H,19,20)(H,21,22). The lowest BCUT2D eigenvalue weighted by molar-refractivity contribution is -0.135. The molecule has 0 saturated heterocycles. The quantitative estimate of drug-likeness (QED) is 0.803. The van der Waals surface area contributed by atoms with Crippen molar-refractivity contribution in [2.75, 3.05) is 0 Å². The van der Waals surface area contributed by atoms with Gasteiger partial charge in [-0.2, -0.15) is 0 Å². The number of aliphatic carboxylic acids is 2. The Hall–Kier alpha value is -2.88. The van der Waals surface area contributed by atoms with Crippen LogP contribution >= 0.6 is 0 Å². The summed E-state index contributed by atoms with van der Waals surface area (Å²) in [6, 6.07) is 18.5. The molecule has 112 valence electrons. The molecular formula is C18H16O4. The van der Waals surface area contributed by atoms with Gasteiger partial charge in [-0.25, -0.2) is 9.59 Å². The summed E-state index contributed by atoms with van der Waals surface area (Å²) in [5.41, 5.74) is 1.61. The van der Waals surface area contributed by atoms with Crippen LogP contribution in [0.3, 0.4) is 0 Å². The molecule has 22 heavy (non-hydrogen) atoms. The summed E-state index contributed by atoms with van der Waals surface area (Å²) in [5, 5.41) is 18.4. The van der Waals surface area contributed by atoms with Gasteiger partial charge in [0.15, 0.2) is 0 Å². The molecular weight excluding hydrogens is 280 g/mol. The zero-order chi connectivity index (χ0) is 15.9. The van der Waals surface area contributed by atoms with Gasteiger partial charge in [0.25, 0.3) is 0 Å². The van der Waals surface area contributed by atoms with E-state index in [1.807, 2.05) is 60.7 Å². The monoisotopic (exact) mass is 296 g/mol. The molecule has 1 unspecified atom stereocenters. The first-order chi connectivity index (χ1) is 10.6. The SMILES string of the molecule is O=C(O)C=C(C(=O)O)C(Cc1ccccc1)c1ccccc1. The minimum absolute atomic E-state index is 0.123. The van der Waals surface area contributed by atoms with Gasteiger partial charge < -0.3 is 10.2 Å². The van der Waals surface area contributed by atoms with Crippen LogP contribution in [-0.2, 0) is 16.0 Å². The third-order valence-corrected chi connectivity index (χ3v) is 3.39. The molecule has 0 saturated carbocycles. The molecule has 2 aromatic carbocycles. The first-order valence-electron chi connectivity index (χ1n) is 6.84. The van der Waals surface area contributed by atoms with Gasteiger partial charge >= 0.3 is 11.9 Å². The fraction of sp³-hybridized carbons (Fsp3) is 0.111. The Bertz CT molecular complexity index is 675. The highest BCUT2D eigenvalue weighted by Gasteiger charge is 2.23. The van der Waals surface area contributed by atoms with E-state index in [0.717, 1.165) is 17.2 Å². The normalized spacial score (nSPS) is 12.6. The average Bonchev–Trinajstić information content (AvgIpc) is 2.52. The summed E-state index contributed by atoms with van der Waals surface area (Å²) < 4.78 is 0. The van der Waals surface area contributed by atoms with Crippen molar-refractivity contribution in [1.29, 1.82) is 0 Å². The summed E-state index contributed by atoms with van der Waals surface area (Å²) in [5.74, 6) is -2.99. The van der Waals surface area contributed by atoms with Gasteiger partial charge in [0.05, 0.1) is 5.57 Å². The van der Waals surface area contributed by atoms with Gasteiger partial charge in [0, 0.05) is 12.0 Å². The van der Waals surface area contributed by atoms with Gasteiger partial charge in [-0.15, -0.1) is 0 Å². The Morgan fingerprint density at radius 2 is 1.45 bits per heavy atom. The minimum atomic E-state index is -1.26. The van der Waals surface area contributed by atoms with Crippen molar-refractivity contribution in [2.24, 2.45) is 0 Å². The predicted molar refractivity (Wildman–Crippen MR) is 82.7 cm³/mol. The van der Waals surface area contributed by atoms with Crippen LogP contribution in [0, 0.1) is 0 Å². The van der Waals surface area contributed by atoms with E-state index >= 15 is 0 Å². The Kier molecular flexibility index (Phi) is 5.09. The van der Waals surface area contributed by atoms with Crippen LogP contribution in [0.25, 0.3) is 0 Å². The maximum Gasteiger partial charge on any atom is 0.332 e. The van der Waals surface area contributed by atoms with Crippen molar-refractivity contribution in [1.82, 2.24) is 0 Å². The van der Waals surface area contributed by atoms with Crippen LogP contribution in [0.1, 0.15) is 17.0 Å². The fourth-order valence-electron chi connectivity index (χ4n) is 2.39. The number of carboxylic acids is 2. The molecule has 0 spiro atoms. The molecule has 0 radical (unpaired) electrons. The van der Waals surface area contributed by atoms with E-state index in [1.54, 1.807) is 0 Å². The molecule has 0 fully saturated rings. The molecule has 1 atom stereocenters. The molecule has 0 aliphatic rings. The topological polar surface area (TPSA) is 74.6 Å². The van der Waals surface area contributed by atoms with E-state index in [-0.39, 0.29) is 5.57 Å². The number of benzene rings is 2. The summed E-state index contributed by atoms with van der Waals surface area (Å²) in [6.07, 6.45) is 1.21. The lowest BCUT2D eigenvalue weighted by Gasteiger charge is -2.18. The van der Waals surface area contributed by atoms with Gasteiger partial charge in [0.2, 0.25) is 0 Å². The van der Waals surface area contributed by atoms with Crippen molar-refractivity contribution in [3.8, 4) is 0 Å². The maximum absolute atomic E-state index is 11.5. The lowest BCUT2D eigenvalue weighted by Crippen LogP contribution is -2.15. The lowest BCUT2D eigenvalue weighted by atomic mass is 9.85. The predicted octanol–water partition coefficient (Wildman–Crippen LogP) is 3.11. The zero-order valence-corrected chi connectivity index (χ0v) is 11.8. The minimum Gasteiger partial charge on any atom is -0.478 e. The number of carboxylic acid groups (broad SMARTS) is 2. The van der Waals surface area contributed by atoms with Crippen molar-refractivity contribution < 1.29 is 19.8 Å². The third-order valence-electron chi connectivity index (χ3n) is 3.39. The molecule has 0 bridgehead atoms. The van der Waals surface area contributed by atoms with E-state index in [0.29, 0.717) is 6.42 Å². The van der Waals surface area contributed by atoms with E-state index in [4.69, 9.17) is 5.11 Å². The second-order valence-electron chi connectivity index (χ2n) is 4.90. The van der Waals surface area contributed by atoms with Gasteiger partial charge in [-0.05, 0) is 17.5 Å². The van der Waals surface area contributed by atoms with E-state index in [2.05, 4.69) is 0 Å². The van der Waals surface area contributed by atoms with E-state index < -0.39 is 17.9 Å². The average molecular weight is 296 g/mol. The Labute approximate surface area is 128 Å². The summed E-state index contributed by atoms with van der Waals surface area (Å²) >= 11 is 0. The summed E-state index contributed by atoms with van der Waals surface area (Å²) in [6.45, 7) is 0. The molecule has 2 N–H and O–H groups in total. The van der Waals surface area contributed by atoms with Crippen molar-refractivity contribution in [3.05, 3.63) is 83.4 Å². The Morgan fingerprint density at radius 1 is 0.909 bits per heavy atom. The molecule has 4 nitrogen and oxygen atoms in total. The van der Waals surface area contributed by atoms with Crippen LogP contribution in [-0.4, -0.2) is 22.2 Å². The number of hydrogen-bond acceptors (Lipinski definition) is 2. The molecule has 0 aliphatic carbocycles. The van der Waals surface area contributed by atoms with Crippen LogP contribution in [0.15, 0.2) is 72.3 Å². The Morgan fingerprint density at radius 3 is 1.95 bits per heavy atom. The number of carbonyl (C=O) groups is 2. The first kappa shape index (κ1) is 15.5. The highest BCUT2D eigenvalue weighted by molar-refractivity contribution is 5.96. The number of rotatable bonds is 6. The smallest absolute Gasteiger partial charge is 0.332 e. The first-order valence-corrected chi connectivity index (χ1v) is 6.84. The molecule has 4 heteroatoms. The zero-order valence-electron chi connectivity index (χ0n) is 11.8. The number of hydrogen-bond donors (Lipinski definition) is 2. The van der Waals surface area contributed by atoms with Gasteiger partial charge in [-0.3, -0.25) is 0 Å². The van der Waals surface area contributed by atoms with Gasteiger partial charge in [0.1, 0.15) is 0 Å². The highest BCUT2D eigenvalue weighted by Crippen LogP contribution is 2.28. The van der Waals surface area contributed by atoms with Crippen LogP contribution in [0.5, 0.6) is 0 Å². The second-order valence-corrected chi connectivity index (χ2v) is 4.90. The second kappa shape index (κ2) is 7.22. The Balaban J connectivity index is 2.45. The molecule has 0 heterocycles. The van der Waals surface area contributed by atoms with Crippen LogP contribution < -0.4 is 0 Å². The third kappa shape index (κ3) is 4.06. The van der Waals surface area contributed by atoms with Crippen molar-refractivity contribution in [2.45, 2.75) is 12.3 Å². The van der Waals surface area contributed by atoms with Crippen LogP contribution in [0.4, 0.5) is 0 Å². The molecule has 2 rings (SSSR count). The van der Waals surface area contributed by atoms with Crippen molar-refractivity contribution in [3.63, 3.8) is 0 Å². The molecule has 0 aromatic heterocycles. The van der Waals surface area contributed by atoms with Crippen LogP contribution in [0.2, 0.25) is 0 Å². The maximum atomic E-state index is 11.5. The summed E-state index contributed by atoms with van der Waals surface area (Å²) in [7, 11) is 0. The molecule has 2 aromatic rings. The van der Waals surface area contributed by atoms with E-state index in [1.165, 1.54) is 0 Å². The van der Waals surface area contributed by atoms with E-state index in [9.17, 15) is 14.7 Å². The molecule has 0 amide bonds.